The van der Waals surface area contributed by atoms with Gasteiger partial charge in [-0.2, -0.15) is 0 Å². The van der Waals surface area contributed by atoms with Crippen LogP contribution >= 0.6 is 0 Å². The molecule has 0 radical (unpaired) electrons. The molecular weight excluding hydrogens is 156 g/mol. The van der Waals surface area contributed by atoms with Crippen LogP contribution in [0.4, 0.5) is 0 Å². The summed E-state index contributed by atoms with van der Waals surface area (Å²) in [6.45, 7) is 8.82. The Labute approximate surface area is 83.4 Å². The molecule has 0 N–H and O–H groups in total. The highest BCUT2D eigenvalue weighted by Gasteiger charge is 2.23. The molecule has 0 nitrogen and oxygen atoms in total. The van der Waals surface area contributed by atoms with E-state index in [0.717, 1.165) is 11.8 Å². The van der Waals surface area contributed by atoms with Crippen LogP contribution in [-0.2, 0) is 0 Å². The minimum absolute atomic E-state index is 0.867. The SMILES string of the molecule is C=C1CC(C)CC1CCCCCC. The van der Waals surface area contributed by atoms with Crippen LogP contribution < -0.4 is 0 Å². The van der Waals surface area contributed by atoms with E-state index in [-0.39, 0.29) is 0 Å². The fraction of sp³-hybridized carbons (Fsp3) is 0.846. The lowest BCUT2D eigenvalue weighted by Gasteiger charge is -2.10. The van der Waals surface area contributed by atoms with Crippen LogP contribution in [0, 0.1) is 11.8 Å². The Kier molecular flexibility index (Phi) is 4.55. The molecule has 1 fully saturated rings. The lowest BCUT2D eigenvalue weighted by atomic mass is 9.96. The van der Waals surface area contributed by atoms with Gasteiger partial charge in [0.1, 0.15) is 0 Å². The first kappa shape index (κ1) is 10.8. The summed E-state index contributed by atoms with van der Waals surface area (Å²) in [5.74, 6) is 1.77. The Bertz CT molecular complexity index is 157. The minimum atomic E-state index is 0.867. The molecule has 1 rings (SSSR count). The van der Waals surface area contributed by atoms with Gasteiger partial charge < -0.3 is 0 Å². The van der Waals surface area contributed by atoms with Crippen molar-refractivity contribution in [2.45, 2.75) is 58.8 Å². The van der Waals surface area contributed by atoms with Crippen LogP contribution in [0.2, 0.25) is 0 Å². The van der Waals surface area contributed by atoms with E-state index >= 15 is 0 Å². The Morgan fingerprint density at radius 3 is 2.62 bits per heavy atom. The van der Waals surface area contributed by atoms with Crippen molar-refractivity contribution in [1.29, 1.82) is 0 Å². The van der Waals surface area contributed by atoms with Gasteiger partial charge in [0.25, 0.3) is 0 Å². The van der Waals surface area contributed by atoms with Gasteiger partial charge >= 0.3 is 0 Å². The van der Waals surface area contributed by atoms with Crippen molar-refractivity contribution in [3.8, 4) is 0 Å². The lowest BCUT2D eigenvalue weighted by molar-refractivity contribution is 0.480. The van der Waals surface area contributed by atoms with Gasteiger partial charge in [-0.3, -0.25) is 0 Å². The van der Waals surface area contributed by atoms with Crippen LogP contribution in [0.3, 0.4) is 0 Å². The molecule has 13 heavy (non-hydrogen) atoms. The van der Waals surface area contributed by atoms with Crippen LogP contribution in [0.5, 0.6) is 0 Å². The van der Waals surface area contributed by atoms with Crippen molar-refractivity contribution in [3.05, 3.63) is 12.2 Å². The monoisotopic (exact) mass is 180 g/mol. The van der Waals surface area contributed by atoms with Gasteiger partial charge in [-0.1, -0.05) is 51.7 Å². The summed E-state index contributed by atoms with van der Waals surface area (Å²) in [4.78, 5) is 0. The molecule has 0 heterocycles. The average Bonchev–Trinajstić information content (AvgIpc) is 2.39. The lowest BCUT2D eigenvalue weighted by Crippen LogP contribution is -1.96. The molecule has 2 unspecified atom stereocenters. The number of unbranched alkanes of at least 4 members (excludes halogenated alkanes) is 3. The Morgan fingerprint density at radius 1 is 1.31 bits per heavy atom. The third-order valence-electron chi connectivity index (χ3n) is 3.28. The maximum absolute atomic E-state index is 4.18. The topological polar surface area (TPSA) is 0 Å². The predicted octanol–water partition coefficient (Wildman–Crippen LogP) is 4.56. The summed E-state index contributed by atoms with van der Waals surface area (Å²) in [7, 11) is 0. The molecule has 0 aliphatic heterocycles. The highest BCUT2D eigenvalue weighted by Crippen LogP contribution is 2.37. The summed E-state index contributed by atoms with van der Waals surface area (Å²) in [6.07, 6.45) is 9.71. The predicted molar refractivity (Wildman–Crippen MR) is 59.8 cm³/mol. The van der Waals surface area contributed by atoms with E-state index in [0.29, 0.717) is 0 Å². The van der Waals surface area contributed by atoms with Gasteiger partial charge in [0.2, 0.25) is 0 Å². The number of allylic oxidation sites excluding steroid dienone is 1. The zero-order valence-corrected chi connectivity index (χ0v) is 9.31. The standard InChI is InChI=1S/C13H24/c1-4-5-6-7-8-13-10-11(2)9-12(13)3/h11,13H,3-10H2,1-2H3. The van der Waals surface area contributed by atoms with Crippen LogP contribution in [0.15, 0.2) is 12.2 Å². The molecule has 0 aromatic carbocycles. The number of hydrogen-bond donors (Lipinski definition) is 0. The first-order valence-corrected chi connectivity index (χ1v) is 5.91. The van der Waals surface area contributed by atoms with Crippen molar-refractivity contribution in [2.24, 2.45) is 11.8 Å². The van der Waals surface area contributed by atoms with Gasteiger partial charge in [0.15, 0.2) is 0 Å². The quantitative estimate of drug-likeness (QED) is 0.430. The van der Waals surface area contributed by atoms with Crippen molar-refractivity contribution < 1.29 is 0 Å². The first-order chi connectivity index (χ1) is 6.24. The molecular formula is C13H24. The Balaban J connectivity index is 2.11. The second-order valence-corrected chi connectivity index (χ2v) is 4.75. The van der Waals surface area contributed by atoms with Gasteiger partial charge in [-0.05, 0) is 31.1 Å². The molecule has 0 heteroatoms. The minimum Gasteiger partial charge on any atom is -0.0996 e. The molecule has 2 atom stereocenters. The van der Waals surface area contributed by atoms with Gasteiger partial charge in [-0.15, -0.1) is 0 Å². The largest absolute Gasteiger partial charge is 0.0996 e. The summed E-state index contributed by atoms with van der Waals surface area (Å²) < 4.78 is 0. The van der Waals surface area contributed by atoms with Gasteiger partial charge in [-0.25, -0.2) is 0 Å². The van der Waals surface area contributed by atoms with Crippen LogP contribution in [-0.4, -0.2) is 0 Å². The second-order valence-electron chi connectivity index (χ2n) is 4.75. The molecule has 0 bridgehead atoms. The molecule has 0 saturated heterocycles. The summed E-state index contributed by atoms with van der Waals surface area (Å²) in [6, 6.07) is 0. The normalized spacial score (nSPS) is 28.3. The maximum Gasteiger partial charge on any atom is -0.0203 e. The molecule has 0 aromatic heterocycles. The van der Waals surface area contributed by atoms with Gasteiger partial charge in [0, 0.05) is 0 Å². The third kappa shape index (κ3) is 3.54. The molecule has 0 amide bonds. The summed E-state index contributed by atoms with van der Waals surface area (Å²) in [5.41, 5.74) is 1.53. The second kappa shape index (κ2) is 5.47. The van der Waals surface area contributed by atoms with Crippen molar-refractivity contribution in [2.75, 3.05) is 0 Å². The van der Waals surface area contributed by atoms with E-state index in [2.05, 4.69) is 20.4 Å². The highest BCUT2D eigenvalue weighted by molar-refractivity contribution is 5.07. The third-order valence-corrected chi connectivity index (χ3v) is 3.28. The van der Waals surface area contributed by atoms with E-state index < -0.39 is 0 Å². The molecule has 1 aliphatic carbocycles. The van der Waals surface area contributed by atoms with Crippen LogP contribution in [0.25, 0.3) is 0 Å². The summed E-state index contributed by atoms with van der Waals surface area (Å²) >= 11 is 0. The fourth-order valence-electron chi connectivity index (χ4n) is 2.49. The smallest absolute Gasteiger partial charge is 0.0203 e. The number of rotatable bonds is 5. The van der Waals surface area contributed by atoms with E-state index in [1.807, 2.05) is 0 Å². The zero-order valence-electron chi connectivity index (χ0n) is 9.31. The van der Waals surface area contributed by atoms with Crippen molar-refractivity contribution in [1.82, 2.24) is 0 Å². The fourth-order valence-corrected chi connectivity index (χ4v) is 2.49. The van der Waals surface area contributed by atoms with Crippen molar-refractivity contribution in [3.63, 3.8) is 0 Å². The Hall–Kier alpha value is -0.260. The van der Waals surface area contributed by atoms with Gasteiger partial charge in [0.05, 0.1) is 0 Å². The molecule has 1 aliphatic rings. The summed E-state index contributed by atoms with van der Waals surface area (Å²) in [5, 5.41) is 0. The molecule has 0 spiro atoms. The first-order valence-electron chi connectivity index (χ1n) is 5.91. The molecule has 1 saturated carbocycles. The van der Waals surface area contributed by atoms with E-state index in [4.69, 9.17) is 0 Å². The van der Waals surface area contributed by atoms with E-state index in [1.165, 1.54) is 50.5 Å². The van der Waals surface area contributed by atoms with Crippen molar-refractivity contribution >= 4 is 0 Å². The average molecular weight is 180 g/mol. The zero-order chi connectivity index (χ0) is 9.68. The van der Waals surface area contributed by atoms with E-state index in [1.54, 1.807) is 0 Å². The molecule has 76 valence electrons. The Morgan fingerprint density at radius 2 is 2.08 bits per heavy atom. The number of hydrogen-bond acceptors (Lipinski definition) is 0. The van der Waals surface area contributed by atoms with Crippen LogP contribution in [0.1, 0.15) is 58.8 Å². The highest BCUT2D eigenvalue weighted by atomic mass is 14.3. The maximum atomic E-state index is 4.18. The molecule has 0 aromatic rings. The van der Waals surface area contributed by atoms with E-state index in [9.17, 15) is 0 Å².